The van der Waals surface area contributed by atoms with Crippen LogP contribution in [0.3, 0.4) is 0 Å². The average molecular weight is 805 g/mol. The summed E-state index contributed by atoms with van der Waals surface area (Å²) in [4.78, 5) is 55.5. The molecule has 4 saturated heterocycles. The zero-order valence-corrected chi connectivity index (χ0v) is 32.2. The molecule has 5 atom stereocenters. The number of aryl methyl sites for hydroxylation is 1. The normalized spacial score (nSPS) is 24.3. The lowest BCUT2D eigenvalue weighted by Crippen LogP contribution is -2.71. The number of carbonyl (C=O) groups is 2. The number of benzene rings is 2. The zero-order valence-electron chi connectivity index (χ0n) is 32.2. The lowest BCUT2D eigenvalue weighted by molar-refractivity contribution is -0.138. The fourth-order valence-corrected chi connectivity index (χ4v) is 9.66. The van der Waals surface area contributed by atoms with Gasteiger partial charge in [0.1, 0.15) is 46.9 Å². The van der Waals surface area contributed by atoms with Gasteiger partial charge in [0.15, 0.2) is 11.5 Å². The summed E-state index contributed by atoms with van der Waals surface area (Å²) in [6.07, 6.45) is 2.79. The Morgan fingerprint density at radius 3 is 2.61 bits per heavy atom. The number of aromatic nitrogens is 7. The van der Waals surface area contributed by atoms with Crippen LogP contribution in [0.1, 0.15) is 25.1 Å². The number of nitrogens with zero attached hydrogens (tertiary/aromatic N) is 11. The molecule has 15 nitrogen and oxygen atoms in total. The number of amides is 2. The fourth-order valence-electron chi connectivity index (χ4n) is 9.66. The molecule has 2 aromatic carbocycles. The summed E-state index contributed by atoms with van der Waals surface area (Å²) in [7, 11) is 1.77. The Morgan fingerprint density at radius 1 is 0.881 bits per heavy atom. The molecule has 0 aliphatic carbocycles. The SMILES string of the molecule is Cc1nc2cc(F)cc3c2n1C[C@H]1CN(CCCO1)C(=O)[C@@H]1CC(CN1c1nc(N2[C@@H]4C[C@H]2C(=O)N(C)C4)nc2c1cnn2-c1ccc(F)cc1F)Nc1cccc-3n1. The Hall–Kier alpha value is -6.30. The molecule has 4 fully saturated rings. The van der Waals surface area contributed by atoms with Crippen molar-refractivity contribution in [1.29, 1.82) is 0 Å². The number of ether oxygens (including phenoxy) is 1. The minimum atomic E-state index is -0.828. The second-order valence-electron chi connectivity index (χ2n) is 16.1. The van der Waals surface area contributed by atoms with Crippen LogP contribution < -0.4 is 15.1 Å². The van der Waals surface area contributed by atoms with Gasteiger partial charge in [-0.15, -0.1) is 0 Å². The number of hydrogen-bond donors (Lipinski definition) is 1. The number of likely N-dealkylation sites (N-methyl/N-ethyl adjacent to an activating group) is 1. The summed E-state index contributed by atoms with van der Waals surface area (Å²) in [6.45, 7) is 4.28. The van der Waals surface area contributed by atoms with Crippen molar-refractivity contribution in [3.63, 3.8) is 0 Å². The van der Waals surface area contributed by atoms with Crippen LogP contribution >= 0.6 is 0 Å². The van der Waals surface area contributed by atoms with Crippen LogP contribution in [-0.2, 0) is 20.9 Å². The lowest BCUT2D eigenvalue weighted by Gasteiger charge is -2.54. The number of piperidine rings is 1. The summed E-state index contributed by atoms with van der Waals surface area (Å²) in [5.74, 6) is -0.259. The Bertz CT molecular complexity index is 2720. The topological polar surface area (TPSA) is 143 Å². The molecule has 5 aliphatic heterocycles. The van der Waals surface area contributed by atoms with E-state index in [4.69, 9.17) is 24.7 Å². The van der Waals surface area contributed by atoms with Gasteiger partial charge >= 0.3 is 0 Å². The number of imidazole rings is 1. The van der Waals surface area contributed by atoms with E-state index < -0.39 is 35.6 Å². The molecule has 18 heteroatoms. The van der Waals surface area contributed by atoms with Crippen LogP contribution in [0.2, 0.25) is 0 Å². The molecular weight excluding hydrogens is 766 g/mol. The fraction of sp³-hybridized carbons (Fsp3) is 0.390. The van der Waals surface area contributed by atoms with E-state index in [0.717, 1.165) is 17.6 Å². The number of carbonyl (C=O) groups excluding carboxylic acids is 2. The first-order chi connectivity index (χ1) is 28.6. The van der Waals surface area contributed by atoms with Gasteiger partial charge < -0.3 is 34.2 Å². The molecule has 8 bridgehead atoms. The van der Waals surface area contributed by atoms with Gasteiger partial charge in [-0.05, 0) is 56.5 Å². The average Bonchev–Trinajstić information content (AvgIpc) is 3.84. The monoisotopic (exact) mass is 804 g/mol. The molecule has 6 aromatic rings. The van der Waals surface area contributed by atoms with E-state index in [1.165, 1.54) is 29.1 Å². The molecule has 1 N–H and O–H groups in total. The predicted octanol–water partition coefficient (Wildman–Crippen LogP) is 4.06. The second kappa shape index (κ2) is 13.4. The number of fused-ring (bicyclic) bond motifs is 10. The maximum Gasteiger partial charge on any atom is 0.245 e. The van der Waals surface area contributed by atoms with Crippen molar-refractivity contribution < 1.29 is 27.5 Å². The molecular formula is C41H39F3N12O3. The van der Waals surface area contributed by atoms with E-state index in [1.807, 2.05) is 44.4 Å². The summed E-state index contributed by atoms with van der Waals surface area (Å²) < 4.78 is 54.4. The van der Waals surface area contributed by atoms with E-state index in [-0.39, 0.29) is 41.2 Å². The molecule has 59 heavy (non-hydrogen) atoms. The molecule has 11 rings (SSSR count). The van der Waals surface area contributed by atoms with Crippen LogP contribution in [0.4, 0.5) is 30.8 Å². The third-order valence-electron chi connectivity index (χ3n) is 12.4. The highest BCUT2D eigenvalue weighted by molar-refractivity contribution is 5.95. The van der Waals surface area contributed by atoms with E-state index in [9.17, 15) is 9.18 Å². The number of pyridine rings is 1. The summed E-state index contributed by atoms with van der Waals surface area (Å²) in [5.41, 5.74) is 2.64. The van der Waals surface area contributed by atoms with Crippen molar-refractivity contribution in [3.05, 3.63) is 78.0 Å². The number of rotatable bonds is 3. The zero-order chi connectivity index (χ0) is 40.3. The highest BCUT2D eigenvalue weighted by atomic mass is 19.1. The molecule has 302 valence electrons. The minimum absolute atomic E-state index is 0.0138. The number of hydrogen-bond acceptors (Lipinski definition) is 11. The van der Waals surface area contributed by atoms with Gasteiger partial charge in [-0.1, -0.05) is 6.07 Å². The highest BCUT2D eigenvalue weighted by Crippen LogP contribution is 2.40. The standard InChI is InChI=1S/C41H39F3N12O3/c1-21-46-31-13-23(43)11-27-30-5-3-6-35(48-30)47-24-14-33(40(58)52-9-4-10-59-26(19-52)20-53(21)36(27)31)54(17-24)37-28-16-45-56(32-8-7-22(42)12-29(32)44)38(28)50-41(49-37)55-25-15-34(55)39(57)51(2)18-25/h3,5-8,11-13,16,24-26,33-34H,4,9-10,14-15,17-20H2,1-2H3,(H,47,48)/t24?,25-,26-,33+,34+/m1/s1. The van der Waals surface area contributed by atoms with Crippen LogP contribution in [0, 0.1) is 24.4 Å². The van der Waals surface area contributed by atoms with E-state index in [0.29, 0.717) is 98.2 Å². The largest absolute Gasteiger partial charge is 0.374 e. The number of halogens is 3. The Morgan fingerprint density at radius 2 is 1.76 bits per heavy atom. The second-order valence-corrected chi connectivity index (χ2v) is 16.1. The van der Waals surface area contributed by atoms with Crippen LogP contribution in [0.15, 0.2) is 54.7 Å². The Balaban J connectivity index is 1.06. The first-order valence-electron chi connectivity index (χ1n) is 19.9. The molecule has 9 heterocycles. The minimum Gasteiger partial charge on any atom is -0.374 e. The van der Waals surface area contributed by atoms with E-state index in [1.54, 1.807) is 11.9 Å². The molecule has 5 aliphatic rings. The van der Waals surface area contributed by atoms with Crippen molar-refractivity contribution >= 4 is 51.5 Å². The van der Waals surface area contributed by atoms with Gasteiger partial charge in [-0.25, -0.2) is 27.8 Å². The number of anilines is 3. The lowest BCUT2D eigenvalue weighted by atomic mass is 9.87. The molecule has 0 saturated carbocycles. The van der Waals surface area contributed by atoms with E-state index in [2.05, 4.69) is 10.4 Å². The first-order valence-corrected chi connectivity index (χ1v) is 19.9. The van der Waals surface area contributed by atoms with Crippen LogP contribution in [0.25, 0.3) is 39.0 Å². The van der Waals surface area contributed by atoms with Gasteiger partial charge in [0, 0.05) is 63.6 Å². The van der Waals surface area contributed by atoms with Gasteiger partial charge in [0.2, 0.25) is 17.8 Å². The van der Waals surface area contributed by atoms with E-state index >= 15 is 13.6 Å². The number of likely N-dealkylation sites (tertiary alicyclic amines) is 1. The van der Waals surface area contributed by atoms with Crippen molar-refractivity contribution in [2.24, 2.45) is 0 Å². The van der Waals surface area contributed by atoms with Crippen LogP contribution in [-0.4, -0.2) is 126 Å². The summed E-state index contributed by atoms with van der Waals surface area (Å²) >= 11 is 0. The smallest absolute Gasteiger partial charge is 0.245 e. The van der Waals surface area contributed by atoms with Crippen LogP contribution in [0.5, 0.6) is 0 Å². The van der Waals surface area contributed by atoms with Gasteiger partial charge in [-0.2, -0.15) is 15.1 Å². The molecule has 2 amide bonds. The quantitative estimate of drug-likeness (QED) is 0.277. The molecule has 0 spiro atoms. The molecule has 4 aromatic heterocycles. The highest BCUT2D eigenvalue weighted by Gasteiger charge is 2.51. The van der Waals surface area contributed by atoms with Crippen molar-refractivity contribution in [3.8, 4) is 16.9 Å². The predicted molar refractivity (Wildman–Crippen MR) is 211 cm³/mol. The van der Waals surface area contributed by atoms with Gasteiger partial charge in [-0.3, -0.25) is 9.59 Å². The van der Waals surface area contributed by atoms with Crippen molar-refractivity contribution in [2.45, 2.75) is 63.0 Å². The third kappa shape index (κ3) is 5.78. The number of nitrogens with one attached hydrogen (secondary N) is 1. The first kappa shape index (κ1) is 35.8. The van der Waals surface area contributed by atoms with Gasteiger partial charge in [0.25, 0.3) is 0 Å². The maximum atomic E-state index is 15.4. The maximum absolute atomic E-state index is 15.4. The van der Waals surface area contributed by atoms with Crippen molar-refractivity contribution in [2.75, 3.05) is 55.0 Å². The number of piperazine rings is 1. The molecule has 0 radical (unpaired) electrons. The van der Waals surface area contributed by atoms with Crippen molar-refractivity contribution in [1.82, 2.24) is 44.1 Å². The molecule has 1 unspecified atom stereocenters. The Labute approximate surface area is 335 Å². The summed E-state index contributed by atoms with van der Waals surface area (Å²) in [6, 6.07) is 10.2. The van der Waals surface area contributed by atoms with Gasteiger partial charge in [0.05, 0.1) is 47.0 Å². The Kier molecular flexibility index (Phi) is 8.12. The summed E-state index contributed by atoms with van der Waals surface area (Å²) in [5, 5.41) is 8.56. The third-order valence-corrected chi connectivity index (χ3v) is 12.4.